The zero-order valence-corrected chi connectivity index (χ0v) is 16.8. The molecule has 0 bridgehead atoms. The minimum absolute atomic E-state index is 0.155. The van der Waals surface area contributed by atoms with Crippen LogP contribution in [-0.4, -0.2) is 40.5 Å². The molecular weight excluding hydrogens is 397 g/mol. The number of hydrogen-bond donors (Lipinski definition) is 0. The Bertz CT molecular complexity index is 983. The van der Waals surface area contributed by atoms with E-state index in [4.69, 9.17) is 23.2 Å². The SMILES string of the molecule is C[C@]12C(=O)N(c3ccc(Cl)c(Cl)c3)C(=O)[C@@H]1[C@H](c1ccccc1)N1CCCN12. The van der Waals surface area contributed by atoms with Crippen molar-refractivity contribution >= 4 is 40.7 Å². The van der Waals surface area contributed by atoms with E-state index in [1.807, 2.05) is 37.3 Å². The van der Waals surface area contributed by atoms with E-state index in [2.05, 4.69) is 10.0 Å². The minimum atomic E-state index is -0.903. The third-order valence-corrected chi connectivity index (χ3v) is 7.01. The summed E-state index contributed by atoms with van der Waals surface area (Å²) in [6.07, 6.45) is 0.972. The third kappa shape index (κ3) is 2.28. The fourth-order valence-electron chi connectivity index (χ4n) is 5.03. The van der Waals surface area contributed by atoms with E-state index in [1.165, 1.54) is 4.90 Å². The molecule has 0 N–H and O–H groups in total. The molecule has 3 aliphatic rings. The molecule has 2 amide bonds. The normalized spacial score (nSPS) is 30.2. The highest BCUT2D eigenvalue weighted by Gasteiger charge is 2.70. The summed E-state index contributed by atoms with van der Waals surface area (Å²) in [5.74, 6) is -0.863. The Balaban J connectivity index is 1.64. The van der Waals surface area contributed by atoms with Gasteiger partial charge in [0.05, 0.1) is 27.7 Å². The van der Waals surface area contributed by atoms with Crippen LogP contribution in [0.25, 0.3) is 0 Å². The fourth-order valence-corrected chi connectivity index (χ4v) is 5.32. The second-order valence-corrected chi connectivity index (χ2v) is 8.51. The number of carbonyl (C=O) groups excluding carboxylic acids is 2. The number of halogens is 2. The topological polar surface area (TPSA) is 43.9 Å². The summed E-state index contributed by atoms with van der Waals surface area (Å²) in [5, 5.41) is 5.03. The second-order valence-electron chi connectivity index (χ2n) is 7.70. The van der Waals surface area contributed by atoms with Crippen LogP contribution in [-0.2, 0) is 9.59 Å². The lowest BCUT2D eigenvalue weighted by Crippen LogP contribution is -2.52. The summed E-state index contributed by atoms with van der Waals surface area (Å²) >= 11 is 12.2. The van der Waals surface area contributed by atoms with Gasteiger partial charge in [0.2, 0.25) is 5.91 Å². The lowest BCUT2D eigenvalue weighted by molar-refractivity contribution is -0.131. The molecule has 0 aromatic heterocycles. The van der Waals surface area contributed by atoms with Gasteiger partial charge < -0.3 is 0 Å². The number of benzene rings is 2. The monoisotopic (exact) mass is 415 g/mol. The number of anilines is 1. The van der Waals surface area contributed by atoms with Gasteiger partial charge in [0, 0.05) is 13.1 Å². The molecule has 144 valence electrons. The van der Waals surface area contributed by atoms with Crippen molar-refractivity contribution in [2.45, 2.75) is 24.9 Å². The lowest BCUT2D eigenvalue weighted by Gasteiger charge is -2.33. The average molecular weight is 416 g/mol. The maximum absolute atomic E-state index is 13.6. The molecule has 7 heteroatoms. The van der Waals surface area contributed by atoms with Gasteiger partial charge in [-0.2, -0.15) is 0 Å². The largest absolute Gasteiger partial charge is 0.274 e. The summed E-state index contributed by atoms with van der Waals surface area (Å²) in [7, 11) is 0. The van der Waals surface area contributed by atoms with Crippen molar-refractivity contribution in [3.8, 4) is 0 Å². The van der Waals surface area contributed by atoms with Gasteiger partial charge >= 0.3 is 0 Å². The Hall–Kier alpha value is -1.92. The van der Waals surface area contributed by atoms with E-state index in [0.29, 0.717) is 15.7 Å². The van der Waals surface area contributed by atoms with Crippen LogP contribution >= 0.6 is 23.2 Å². The van der Waals surface area contributed by atoms with Gasteiger partial charge in [0.15, 0.2) is 0 Å². The van der Waals surface area contributed by atoms with Crippen molar-refractivity contribution in [3.63, 3.8) is 0 Å². The highest BCUT2D eigenvalue weighted by molar-refractivity contribution is 6.42. The molecular formula is C21H19Cl2N3O2. The molecule has 5 nitrogen and oxygen atoms in total. The predicted octanol–water partition coefficient (Wildman–Crippen LogP) is 3.92. The standard InChI is InChI=1S/C21H19Cl2N3O2/c1-21-17(18(13-6-3-2-4-7-13)24-10-5-11-25(21)24)19(27)26(20(21)28)14-8-9-15(22)16(23)12-14/h2-4,6-9,12,17-18H,5,10-11H2,1H3/t17-,18-,21+/m0/s1. The number of hydrazine groups is 1. The molecule has 3 aliphatic heterocycles. The molecule has 2 aromatic carbocycles. The molecule has 0 aliphatic carbocycles. The molecule has 3 saturated heterocycles. The van der Waals surface area contributed by atoms with Crippen LogP contribution in [0, 0.1) is 5.92 Å². The van der Waals surface area contributed by atoms with Gasteiger partial charge in [0.25, 0.3) is 5.91 Å². The molecule has 0 spiro atoms. The zero-order chi connectivity index (χ0) is 19.6. The summed E-state index contributed by atoms with van der Waals surface area (Å²) in [6, 6.07) is 14.7. The van der Waals surface area contributed by atoms with E-state index < -0.39 is 11.5 Å². The molecule has 0 unspecified atom stereocenters. The van der Waals surface area contributed by atoms with Crippen LogP contribution in [0.3, 0.4) is 0 Å². The molecule has 5 rings (SSSR count). The van der Waals surface area contributed by atoms with Crippen LogP contribution < -0.4 is 4.90 Å². The van der Waals surface area contributed by atoms with Crippen LogP contribution in [0.2, 0.25) is 10.0 Å². The molecule has 3 fully saturated rings. The van der Waals surface area contributed by atoms with Crippen LogP contribution in [0.5, 0.6) is 0 Å². The van der Waals surface area contributed by atoms with E-state index in [1.54, 1.807) is 18.2 Å². The third-order valence-electron chi connectivity index (χ3n) is 6.27. The van der Waals surface area contributed by atoms with Gasteiger partial charge in [-0.25, -0.2) is 14.9 Å². The summed E-state index contributed by atoms with van der Waals surface area (Å²) in [4.78, 5) is 28.5. The first-order valence-corrected chi connectivity index (χ1v) is 10.1. The number of amides is 2. The van der Waals surface area contributed by atoms with Gasteiger partial charge in [0.1, 0.15) is 5.54 Å². The highest BCUT2D eigenvalue weighted by atomic mass is 35.5. The maximum Gasteiger partial charge on any atom is 0.256 e. The fraction of sp³-hybridized carbons (Fsp3) is 0.333. The van der Waals surface area contributed by atoms with Gasteiger partial charge in [-0.15, -0.1) is 0 Å². The highest BCUT2D eigenvalue weighted by Crippen LogP contribution is 2.54. The van der Waals surface area contributed by atoms with Crippen molar-refractivity contribution < 1.29 is 9.59 Å². The first-order valence-electron chi connectivity index (χ1n) is 9.37. The number of carbonyl (C=O) groups is 2. The van der Waals surface area contributed by atoms with Gasteiger partial charge in [-0.05, 0) is 37.1 Å². The van der Waals surface area contributed by atoms with Crippen molar-refractivity contribution in [2.75, 3.05) is 18.0 Å². The lowest BCUT2D eigenvalue weighted by atomic mass is 9.81. The molecule has 2 aromatic rings. The first-order chi connectivity index (χ1) is 13.4. The van der Waals surface area contributed by atoms with Gasteiger partial charge in [-0.3, -0.25) is 9.59 Å². The number of imide groups is 1. The average Bonchev–Trinajstić information content (AvgIpc) is 3.31. The minimum Gasteiger partial charge on any atom is -0.274 e. The Morgan fingerprint density at radius 3 is 2.46 bits per heavy atom. The van der Waals surface area contributed by atoms with Crippen molar-refractivity contribution in [1.29, 1.82) is 0 Å². The zero-order valence-electron chi connectivity index (χ0n) is 15.3. The molecule has 3 atom stereocenters. The Labute approximate surface area is 173 Å². The molecule has 0 saturated carbocycles. The second kappa shape index (κ2) is 6.29. The Morgan fingerprint density at radius 2 is 1.75 bits per heavy atom. The number of hydrogen-bond acceptors (Lipinski definition) is 4. The number of fused-ring (bicyclic) bond motifs is 3. The molecule has 0 radical (unpaired) electrons. The van der Waals surface area contributed by atoms with E-state index in [0.717, 1.165) is 25.1 Å². The Morgan fingerprint density at radius 1 is 1.00 bits per heavy atom. The van der Waals surface area contributed by atoms with Crippen molar-refractivity contribution in [1.82, 2.24) is 10.0 Å². The predicted molar refractivity (Wildman–Crippen MR) is 108 cm³/mol. The molecule has 3 heterocycles. The van der Waals surface area contributed by atoms with E-state index >= 15 is 0 Å². The van der Waals surface area contributed by atoms with E-state index in [9.17, 15) is 9.59 Å². The summed E-state index contributed by atoms with van der Waals surface area (Å²) < 4.78 is 0. The molecule has 28 heavy (non-hydrogen) atoms. The number of nitrogens with zero attached hydrogens (tertiary/aromatic N) is 3. The quantitative estimate of drug-likeness (QED) is 0.697. The van der Waals surface area contributed by atoms with Crippen molar-refractivity contribution in [3.05, 3.63) is 64.1 Å². The van der Waals surface area contributed by atoms with Crippen LogP contribution in [0.15, 0.2) is 48.5 Å². The smallest absolute Gasteiger partial charge is 0.256 e. The van der Waals surface area contributed by atoms with Crippen molar-refractivity contribution in [2.24, 2.45) is 5.92 Å². The van der Waals surface area contributed by atoms with Gasteiger partial charge in [-0.1, -0.05) is 53.5 Å². The van der Waals surface area contributed by atoms with Crippen LogP contribution in [0.1, 0.15) is 24.9 Å². The Kier molecular flexibility index (Phi) is 4.07. The number of rotatable bonds is 2. The van der Waals surface area contributed by atoms with E-state index in [-0.39, 0.29) is 17.9 Å². The maximum atomic E-state index is 13.6. The first kappa shape index (κ1) is 18.1. The van der Waals surface area contributed by atoms with Crippen LogP contribution in [0.4, 0.5) is 5.69 Å². The summed E-state index contributed by atoms with van der Waals surface area (Å²) in [5.41, 5.74) is 0.623. The summed E-state index contributed by atoms with van der Waals surface area (Å²) in [6.45, 7) is 3.51.